The van der Waals surface area contributed by atoms with Gasteiger partial charge in [-0.25, -0.2) is 4.98 Å². The SMILES string of the molecule is Nc1nc2cnccc2n1CCCF. The van der Waals surface area contributed by atoms with Crippen LogP contribution >= 0.6 is 0 Å². The number of imidazole rings is 1. The van der Waals surface area contributed by atoms with Crippen LogP contribution in [0.3, 0.4) is 0 Å². The Morgan fingerprint density at radius 1 is 1.50 bits per heavy atom. The fraction of sp³-hybridized carbons (Fsp3) is 0.333. The van der Waals surface area contributed by atoms with Gasteiger partial charge in [-0.05, 0) is 12.5 Å². The van der Waals surface area contributed by atoms with Gasteiger partial charge in [-0.2, -0.15) is 0 Å². The molecule has 4 nitrogen and oxygen atoms in total. The molecule has 2 aromatic rings. The number of halogens is 1. The van der Waals surface area contributed by atoms with E-state index in [-0.39, 0.29) is 6.67 Å². The van der Waals surface area contributed by atoms with Crippen molar-refractivity contribution in [2.75, 3.05) is 12.4 Å². The van der Waals surface area contributed by atoms with Crippen LogP contribution in [0.25, 0.3) is 11.0 Å². The molecule has 0 fully saturated rings. The minimum absolute atomic E-state index is 0.343. The third-order valence-corrected chi connectivity index (χ3v) is 2.10. The highest BCUT2D eigenvalue weighted by Crippen LogP contribution is 2.16. The monoisotopic (exact) mass is 194 g/mol. The van der Waals surface area contributed by atoms with Gasteiger partial charge in [0, 0.05) is 12.7 Å². The van der Waals surface area contributed by atoms with Crippen molar-refractivity contribution < 1.29 is 4.39 Å². The van der Waals surface area contributed by atoms with E-state index in [1.54, 1.807) is 17.0 Å². The molecule has 0 aliphatic carbocycles. The number of rotatable bonds is 3. The summed E-state index contributed by atoms with van der Waals surface area (Å²) in [6.07, 6.45) is 3.78. The zero-order valence-corrected chi connectivity index (χ0v) is 7.65. The Morgan fingerprint density at radius 3 is 3.14 bits per heavy atom. The highest BCUT2D eigenvalue weighted by atomic mass is 19.1. The van der Waals surface area contributed by atoms with Gasteiger partial charge in [-0.3, -0.25) is 9.37 Å². The quantitative estimate of drug-likeness (QED) is 0.802. The van der Waals surface area contributed by atoms with Crippen LogP contribution in [-0.2, 0) is 6.54 Å². The van der Waals surface area contributed by atoms with Crippen molar-refractivity contribution in [3.8, 4) is 0 Å². The molecule has 0 saturated carbocycles. The van der Waals surface area contributed by atoms with E-state index in [4.69, 9.17) is 5.73 Å². The molecule has 2 rings (SSSR count). The number of fused-ring (bicyclic) bond motifs is 1. The van der Waals surface area contributed by atoms with E-state index in [0.29, 0.717) is 18.9 Å². The van der Waals surface area contributed by atoms with Gasteiger partial charge in [0.2, 0.25) is 5.95 Å². The summed E-state index contributed by atoms with van der Waals surface area (Å²) >= 11 is 0. The number of nitrogen functional groups attached to an aromatic ring is 1. The second kappa shape index (κ2) is 3.61. The highest BCUT2D eigenvalue weighted by Gasteiger charge is 2.06. The number of anilines is 1. The topological polar surface area (TPSA) is 56.7 Å². The van der Waals surface area contributed by atoms with Crippen molar-refractivity contribution >= 4 is 17.0 Å². The average molecular weight is 194 g/mol. The van der Waals surface area contributed by atoms with Gasteiger partial charge in [0.15, 0.2) is 0 Å². The maximum Gasteiger partial charge on any atom is 0.201 e. The zero-order chi connectivity index (χ0) is 9.97. The Labute approximate surface area is 80.6 Å². The Hall–Kier alpha value is -1.65. The Balaban J connectivity index is 2.45. The molecule has 0 spiro atoms. The maximum atomic E-state index is 12.0. The Kier molecular flexibility index (Phi) is 2.30. The first kappa shape index (κ1) is 8.93. The van der Waals surface area contributed by atoms with Crippen molar-refractivity contribution in [2.24, 2.45) is 0 Å². The minimum Gasteiger partial charge on any atom is -0.369 e. The predicted octanol–water partition coefficient (Wildman–Crippen LogP) is 1.37. The third kappa shape index (κ3) is 1.41. The lowest BCUT2D eigenvalue weighted by molar-refractivity contribution is 0.450. The zero-order valence-electron chi connectivity index (χ0n) is 7.65. The second-order valence-corrected chi connectivity index (χ2v) is 3.03. The average Bonchev–Trinajstić information content (AvgIpc) is 2.51. The molecule has 2 heterocycles. The fourth-order valence-corrected chi connectivity index (χ4v) is 1.45. The van der Waals surface area contributed by atoms with Crippen LogP contribution in [0, 0.1) is 0 Å². The van der Waals surface area contributed by atoms with Gasteiger partial charge >= 0.3 is 0 Å². The molecule has 14 heavy (non-hydrogen) atoms. The van der Waals surface area contributed by atoms with Crippen molar-refractivity contribution in [2.45, 2.75) is 13.0 Å². The smallest absolute Gasteiger partial charge is 0.201 e. The van der Waals surface area contributed by atoms with Gasteiger partial charge in [-0.15, -0.1) is 0 Å². The largest absolute Gasteiger partial charge is 0.369 e. The first-order chi connectivity index (χ1) is 6.83. The van der Waals surface area contributed by atoms with Crippen molar-refractivity contribution in [1.82, 2.24) is 14.5 Å². The molecule has 0 amide bonds. The summed E-state index contributed by atoms with van der Waals surface area (Å²) in [6.45, 7) is 0.215. The fourth-order valence-electron chi connectivity index (χ4n) is 1.45. The number of nitrogens with zero attached hydrogens (tertiary/aromatic N) is 3. The van der Waals surface area contributed by atoms with E-state index in [0.717, 1.165) is 11.0 Å². The summed E-state index contributed by atoms with van der Waals surface area (Å²) in [4.78, 5) is 8.06. The molecule has 74 valence electrons. The number of nitrogens with two attached hydrogens (primary N) is 1. The molecule has 0 atom stereocenters. The molecule has 2 aromatic heterocycles. The Morgan fingerprint density at radius 2 is 2.36 bits per heavy atom. The molecule has 0 unspecified atom stereocenters. The number of hydrogen-bond acceptors (Lipinski definition) is 3. The third-order valence-electron chi connectivity index (χ3n) is 2.10. The summed E-state index contributed by atoms with van der Waals surface area (Å²) < 4.78 is 13.8. The Bertz CT molecular complexity index is 437. The molecular weight excluding hydrogens is 183 g/mol. The summed E-state index contributed by atoms with van der Waals surface area (Å²) in [5.74, 6) is 0.418. The first-order valence-electron chi connectivity index (χ1n) is 4.44. The van der Waals surface area contributed by atoms with Crippen LogP contribution in [0.5, 0.6) is 0 Å². The summed E-state index contributed by atoms with van der Waals surface area (Å²) in [7, 11) is 0. The summed E-state index contributed by atoms with van der Waals surface area (Å²) in [5, 5.41) is 0. The highest BCUT2D eigenvalue weighted by molar-refractivity contribution is 5.76. The van der Waals surface area contributed by atoms with Crippen LogP contribution in [-0.4, -0.2) is 21.2 Å². The van der Waals surface area contributed by atoms with E-state index in [1.165, 1.54) is 0 Å². The molecule has 0 saturated heterocycles. The standard InChI is InChI=1S/C9H11FN4/c10-3-1-5-14-8-2-4-12-6-7(8)13-9(14)11/h2,4,6H,1,3,5H2,(H2,11,13). The number of pyridine rings is 1. The number of alkyl halides is 1. The lowest BCUT2D eigenvalue weighted by Gasteiger charge is -2.03. The lowest BCUT2D eigenvalue weighted by Crippen LogP contribution is -2.03. The van der Waals surface area contributed by atoms with Crippen LogP contribution in [0.2, 0.25) is 0 Å². The van der Waals surface area contributed by atoms with Crippen LogP contribution in [0.4, 0.5) is 10.3 Å². The first-order valence-corrected chi connectivity index (χ1v) is 4.44. The van der Waals surface area contributed by atoms with Gasteiger partial charge in [0.25, 0.3) is 0 Å². The predicted molar refractivity (Wildman–Crippen MR) is 52.5 cm³/mol. The lowest BCUT2D eigenvalue weighted by atomic mass is 10.4. The van der Waals surface area contributed by atoms with Gasteiger partial charge in [0.05, 0.1) is 18.4 Å². The van der Waals surface area contributed by atoms with E-state index in [2.05, 4.69) is 9.97 Å². The molecule has 2 N–H and O–H groups in total. The molecule has 5 heteroatoms. The normalized spacial score (nSPS) is 10.9. The van der Waals surface area contributed by atoms with Gasteiger partial charge in [-0.1, -0.05) is 0 Å². The van der Waals surface area contributed by atoms with Gasteiger partial charge < -0.3 is 10.3 Å². The molecule has 0 aromatic carbocycles. The number of hydrogen-bond donors (Lipinski definition) is 1. The summed E-state index contributed by atoms with van der Waals surface area (Å²) in [5.41, 5.74) is 7.36. The van der Waals surface area contributed by atoms with E-state index in [1.807, 2.05) is 6.07 Å². The molecule has 0 aliphatic heterocycles. The van der Waals surface area contributed by atoms with E-state index < -0.39 is 0 Å². The van der Waals surface area contributed by atoms with Crippen LogP contribution < -0.4 is 5.73 Å². The number of aryl methyl sites for hydroxylation is 1. The molecule has 0 bridgehead atoms. The van der Waals surface area contributed by atoms with Crippen LogP contribution in [0.1, 0.15) is 6.42 Å². The maximum absolute atomic E-state index is 12.0. The van der Waals surface area contributed by atoms with Crippen molar-refractivity contribution in [3.63, 3.8) is 0 Å². The molecule has 0 radical (unpaired) electrons. The van der Waals surface area contributed by atoms with Crippen molar-refractivity contribution in [1.29, 1.82) is 0 Å². The second-order valence-electron chi connectivity index (χ2n) is 3.03. The van der Waals surface area contributed by atoms with E-state index >= 15 is 0 Å². The summed E-state index contributed by atoms with van der Waals surface area (Å²) in [6, 6.07) is 1.83. The van der Waals surface area contributed by atoms with Crippen LogP contribution in [0.15, 0.2) is 18.5 Å². The number of aromatic nitrogens is 3. The van der Waals surface area contributed by atoms with Gasteiger partial charge in [0.1, 0.15) is 5.52 Å². The molecule has 0 aliphatic rings. The van der Waals surface area contributed by atoms with Crippen molar-refractivity contribution in [3.05, 3.63) is 18.5 Å². The van der Waals surface area contributed by atoms with E-state index in [9.17, 15) is 4.39 Å². The molecular formula is C9H11FN4. The minimum atomic E-state index is -0.343.